The number of aromatic nitrogens is 4. The first-order valence-electron chi connectivity index (χ1n) is 8.36. The molecule has 0 aliphatic carbocycles. The van der Waals surface area contributed by atoms with Gasteiger partial charge in [-0.3, -0.25) is 4.57 Å². The summed E-state index contributed by atoms with van der Waals surface area (Å²) in [6, 6.07) is 0. The fourth-order valence-corrected chi connectivity index (χ4v) is 2.97. The Kier molecular flexibility index (Phi) is 5.76. The number of aliphatic hydroxyl groups is 2. The minimum atomic E-state index is -0.957. The van der Waals surface area contributed by atoms with E-state index < -0.39 is 24.5 Å². The molecule has 1 aliphatic rings. The van der Waals surface area contributed by atoms with Gasteiger partial charge in [-0.1, -0.05) is 0 Å². The summed E-state index contributed by atoms with van der Waals surface area (Å²) in [6.45, 7) is 0.796. The maximum absolute atomic E-state index is 10.4. The molecule has 25 heavy (non-hydrogen) atoms. The van der Waals surface area contributed by atoms with Crippen LogP contribution in [0.15, 0.2) is 12.7 Å². The van der Waals surface area contributed by atoms with Gasteiger partial charge in [0.2, 0.25) is 0 Å². The van der Waals surface area contributed by atoms with Gasteiger partial charge in [0.15, 0.2) is 17.7 Å². The number of aliphatic hydroxyl groups excluding tert-OH is 2. The van der Waals surface area contributed by atoms with Gasteiger partial charge in [-0.2, -0.15) is 0 Å². The molecule has 10 heteroatoms. The third-order valence-corrected chi connectivity index (χ3v) is 4.31. The fraction of sp³-hybridized carbons (Fsp3) is 0.667. The molecular weight excluding hydrogens is 328 g/mol. The van der Waals surface area contributed by atoms with Crippen LogP contribution >= 0.6 is 0 Å². The Labute approximate surface area is 144 Å². The van der Waals surface area contributed by atoms with Gasteiger partial charge in [0, 0.05) is 6.61 Å². The molecule has 6 N–H and O–H groups in total. The van der Waals surface area contributed by atoms with Crippen molar-refractivity contribution in [3.8, 4) is 0 Å². The minimum Gasteiger partial charge on any atom is -0.394 e. The van der Waals surface area contributed by atoms with E-state index in [9.17, 15) is 10.2 Å². The topological polar surface area (TPSA) is 155 Å². The highest BCUT2D eigenvalue weighted by Crippen LogP contribution is 2.34. The largest absolute Gasteiger partial charge is 0.394 e. The maximum Gasteiger partial charge on any atom is 0.167 e. The Morgan fingerprint density at radius 1 is 1.24 bits per heavy atom. The van der Waals surface area contributed by atoms with Crippen molar-refractivity contribution in [2.24, 2.45) is 5.73 Å². The van der Waals surface area contributed by atoms with Gasteiger partial charge < -0.3 is 31.2 Å². The number of nitrogens with two attached hydrogens (primary N) is 2. The molecule has 3 heterocycles. The van der Waals surface area contributed by atoms with Gasteiger partial charge in [-0.15, -0.1) is 0 Å². The number of hydrogen-bond acceptors (Lipinski definition) is 9. The fourth-order valence-electron chi connectivity index (χ4n) is 2.97. The molecule has 3 rings (SSSR count). The molecular formula is C15H24N6O4. The highest BCUT2D eigenvalue weighted by molar-refractivity contribution is 5.81. The summed E-state index contributed by atoms with van der Waals surface area (Å²) in [4.78, 5) is 12.3. The van der Waals surface area contributed by atoms with Crippen molar-refractivity contribution in [3.05, 3.63) is 12.7 Å². The quantitative estimate of drug-likeness (QED) is 0.446. The second-order valence-electron chi connectivity index (χ2n) is 6.01. The van der Waals surface area contributed by atoms with Gasteiger partial charge >= 0.3 is 0 Å². The Morgan fingerprint density at radius 2 is 2.08 bits per heavy atom. The smallest absolute Gasteiger partial charge is 0.167 e. The van der Waals surface area contributed by atoms with Crippen molar-refractivity contribution in [1.29, 1.82) is 0 Å². The van der Waals surface area contributed by atoms with Crippen LogP contribution in [0.3, 0.4) is 0 Å². The first-order valence-corrected chi connectivity index (χ1v) is 8.36. The average molecular weight is 352 g/mol. The summed E-state index contributed by atoms with van der Waals surface area (Å²) >= 11 is 0. The molecule has 2 aromatic rings. The monoisotopic (exact) mass is 352 g/mol. The van der Waals surface area contributed by atoms with Crippen LogP contribution in [-0.4, -0.2) is 67.8 Å². The zero-order valence-corrected chi connectivity index (χ0v) is 13.9. The van der Waals surface area contributed by atoms with Crippen LogP contribution in [0.5, 0.6) is 0 Å². The van der Waals surface area contributed by atoms with Gasteiger partial charge in [0.05, 0.1) is 12.9 Å². The summed E-state index contributed by atoms with van der Waals surface area (Å²) in [6.07, 6.45) is 2.56. The van der Waals surface area contributed by atoms with Crippen LogP contribution in [-0.2, 0) is 9.47 Å². The molecule has 0 spiro atoms. The van der Waals surface area contributed by atoms with Crippen molar-refractivity contribution in [2.75, 3.05) is 25.5 Å². The van der Waals surface area contributed by atoms with Crippen LogP contribution in [0.25, 0.3) is 11.2 Å². The lowest BCUT2D eigenvalue weighted by atomic mass is 10.1. The van der Waals surface area contributed by atoms with E-state index in [-0.39, 0.29) is 12.4 Å². The first-order chi connectivity index (χ1) is 12.2. The number of anilines is 1. The maximum atomic E-state index is 10.4. The predicted octanol–water partition coefficient (Wildman–Crippen LogP) is -0.827. The second kappa shape index (κ2) is 8.02. The standard InChI is InChI=1S/C15H24N6O4/c16-4-2-1-3-5-24-12-11(23)9(6-22)25-15(12)21-8-20-10-13(17)18-7-19-14(10)21/h7-9,11-12,15,22-23H,1-6,16H2,(H2,17,18,19)/t9-,11-,12-,15-/m1/s1. The van der Waals surface area contributed by atoms with E-state index >= 15 is 0 Å². The van der Waals surface area contributed by atoms with Crippen LogP contribution in [0, 0.1) is 0 Å². The van der Waals surface area contributed by atoms with E-state index in [0.717, 1.165) is 19.3 Å². The van der Waals surface area contributed by atoms with E-state index in [2.05, 4.69) is 15.0 Å². The number of unbranched alkanes of at least 4 members (excludes halogenated alkanes) is 2. The number of ether oxygens (including phenoxy) is 2. The molecule has 0 saturated carbocycles. The molecule has 0 unspecified atom stereocenters. The van der Waals surface area contributed by atoms with E-state index in [1.54, 1.807) is 4.57 Å². The number of nitrogens with zero attached hydrogens (tertiary/aromatic N) is 4. The summed E-state index contributed by atoms with van der Waals surface area (Å²) in [5.74, 6) is 0.264. The minimum absolute atomic E-state index is 0.264. The molecule has 1 aliphatic heterocycles. The Hall–Kier alpha value is -1.85. The van der Waals surface area contributed by atoms with Gasteiger partial charge in [0.1, 0.15) is 30.2 Å². The van der Waals surface area contributed by atoms with Crippen LogP contribution in [0.2, 0.25) is 0 Å². The van der Waals surface area contributed by atoms with Crippen molar-refractivity contribution < 1.29 is 19.7 Å². The first kappa shape index (κ1) is 18.0. The molecule has 0 radical (unpaired) electrons. The molecule has 0 amide bonds. The van der Waals surface area contributed by atoms with Gasteiger partial charge in [-0.25, -0.2) is 15.0 Å². The zero-order chi connectivity index (χ0) is 17.8. The lowest BCUT2D eigenvalue weighted by Gasteiger charge is -2.22. The number of nitrogen functional groups attached to an aromatic ring is 1. The number of hydrogen-bond donors (Lipinski definition) is 4. The highest BCUT2D eigenvalue weighted by atomic mass is 16.6. The molecule has 2 aromatic heterocycles. The van der Waals surface area contributed by atoms with Crippen LogP contribution in [0.1, 0.15) is 25.5 Å². The average Bonchev–Trinajstić information content (AvgIpc) is 3.17. The van der Waals surface area contributed by atoms with E-state index in [1.165, 1.54) is 12.7 Å². The van der Waals surface area contributed by atoms with E-state index in [4.69, 9.17) is 20.9 Å². The summed E-state index contributed by atoms with van der Waals surface area (Å²) in [5, 5.41) is 19.9. The molecule has 10 nitrogen and oxygen atoms in total. The number of fused-ring (bicyclic) bond motifs is 1. The van der Waals surface area contributed by atoms with Crippen molar-refractivity contribution in [3.63, 3.8) is 0 Å². The Bertz CT molecular complexity index is 696. The Balaban J connectivity index is 1.79. The molecule has 4 atom stereocenters. The third kappa shape index (κ3) is 3.58. The lowest BCUT2D eigenvalue weighted by Crippen LogP contribution is -2.35. The third-order valence-electron chi connectivity index (χ3n) is 4.31. The summed E-state index contributed by atoms with van der Waals surface area (Å²) < 4.78 is 13.3. The predicted molar refractivity (Wildman–Crippen MR) is 89.4 cm³/mol. The van der Waals surface area contributed by atoms with Crippen molar-refractivity contribution in [1.82, 2.24) is 19.5 Å². The lowest BCUT2D eigenvalue weighted by molar-refractivity contribution is -0.0711. The SMILES string of the molecule is NCCCCCO[C@@H]1[C@H](O)[C@@H](CO)O[C@H]1n1cnc2c(N)ncnc21. The number of rotatable bonds is 8. The number of imidazole rings is 1. The Morgan fingerprint density at radius 3 is 2.84 bits per heavy atom. The second-order valence-corrected chi connectivity index (χ2v) is 6.01. The van der Waals surface area contributed by atoms with Crippen molar-refractivity contribution >= 4 is 17.0 Å². The van der Waals surface area contributed by atoms with Gasteiger partial charge in [0.25, 0.3) is 0 Å². The van der Waals surface area contributed by atoms with E-state index in [1.807, 2.05) is 0 Å². The van der Waals surface area contributed by atoms with Gasteiger partial charge in [-0.05, 0) is 25.8 Å². The highest BCUT2D eigenvalue weighted by Gasteiger charge is 2.45. The molecule has 0 aromatic carbocycles. The van der Waals surface area contributed by atoms with E-state index in [0.29, 0.717) is 24.3 Å². The van der Waals surface area contributed by atoms with Crippen LogP contribution < -0.4 is 11.5 Å². The van der Waals surface area contributed by atoms with Crippen LogP contribution in [0.4, 0.5) is 5.82 Å². The summed E-state index contributed by atoms with van der Waals surface area (Å²) in [5.41, 5.74) is 12.2. The molecule has 0 bridgehead atoms. The molecule has 1 fully saturated rings. The zero-order valence-electron chi connectivity index (χ0n) is 13.9. The van der Waals surface area contributed by atoms with Crippen molar-refractivity contribution in [2.45, 2.75) is 43.8 Å². The molecule has 138 valence electrons. The molecule has 1 saturated heterocycles. The summed E-state index contributed by atoms with van der Waals surface area (Å²) in [7, 11) is 0. The normalized spacial score (nSPS) is 26.5.